The normalized spacial score (nSPS) is 14.7. The number of carbonyl (C=O) groups excluding carboxylic acids is 1. The van der Waals surface area contributed by atoms with Crippen LogP contribution in [0.4, 0.5) is 0 Å². The Morgan fingerprint density at radius 1 is 1.31 bits per heavy atom. The molecule has 0 rings (SSSR count). The largest absolute Gasteiger partial charge is 0.321 e. The van der Waals surface area contributed by atoms with Gasteiger partial charge < -0.3 is 5.73 Å². The number of rotatable bonds is 4. The van der Waals surface area contributed by atoms with E-state index in [-0.39, 0.29) is 17.2 Å². The fourth-order valence-corrected chi connectivity index (χ4v) is 1.33. The van der Waals surface area contributed by atoms with Crippen molar-refractivity contribution in [3.8, 4) is 0 Å². The summed E-state index contributed by atoms with van der Waals surface area (Å²) in [5.41, 5.74) is 5.95. The highest BCUT2D eigenvalue weighted by atomic mass is 16.1. The Morgan fingerprint density at radius 3 is 2.08 bits per heavy atom. The first-order valence-corrected chi connectivity index (χ1v) is 5.00. The highest BCUT2D eigenvalue weighted by Crippen LogP contribution is 2.21. The second-order valence-corrected chi connectivity index (χ2v) is 5.44. The van der Waals surface area contributed by atoms with Crippen LogP contribution in [-0.4, -0.2) is 11.8 Å². The molecule has 1 atom stereocenters. The van der Waals surface area contributed by atoms with Crippen LogP contribution in [-0.2, 0) is 4.79 Å². The summed E-state index contributed by atoms with van der Waals surface area (Å²) in [5.74, 6) is 0.614. The van der Waals surface area contributed by atoms with Gasteiger partial charge in [0.15, 0.2) is 0 Å². The molecule has 0 aromatic heterocycles. The van der Waals surface area contributed by atoms with Gasteiger partial charge in [-0.25, -0.2) is 0 Å². The second kappa shape index (κ2) is 4.75. The number of ketones is 1. The Hall–Kier alpha value is -0.370. The number of hydrogen-bond donors (Lipinski definition) is 1. The van der Waals surface area contributed by atoms with E-state index >= 15 is 0 Å². The van der Waals surface area contributed by atoms with Crippen molar-refractivity contribution in [1.82, 2.24) is 0 Å². The lowest BCUT2D eigenvalue weighted by Gasteiger charge is -2.22. The minimum atomic E-state index is -0.276. The van der Waals surface area contributed by atoms with Crippen LogP contribution < -0.4 is 5.73 Å². The summed E-state index contributed by atoms with van der Waals surface area (Å²) < 4.78 is 0. The average Bonchev–Trinajstić information content (AvgIpc) is 1.81. The third-order valence-corrected chi connectivity index (χ3v) is 1.86. The lowest BCUT2D eigenvalue weighted by Crippen LogP contribution is -2.35. The van der Waals surface area contributed by atoms with E-state index in [1.54, 1.807) is 0 Å². The molecule has 0 aromatic rings. The molecule has 0 saturated heterocycles. The third-order valence-electron chi connectivity index (χ3n) is 1.86. The summed E-state index contributed by atoms with van der Waals surface area (Å²) >= 11 is 0. The van der Waals surface area contributed by atoms with Crippen LogP contribution >= 0.6 is 0 Å². The fourth-order valence-electron chi connectivity index (χ4n) is 1.33. The van der Waals surface area contributed by atoms with Gasteiger partial charge in [0, 0.05) is 6.42 Å². The zero-order valence-corrected chi connectivity index (χ0v) is 9.55. The molecule has 0 aliphatic rings. The molecule has 2 N–H and O–H groups in total. The monoisotopic (exact) mass is 185 g/mol. The zero-order valence-electron chi connectivity index (χ0n) is 9.55. The molecular formula is C11H23NO. The highest BCUT2D eigenvalue weighted by molar-refractivity contribution is 5.83. The maximum Gasteiger partial charge on any atom is 0.149 e. The minimum absolute atomic E-state index is 0.145. The van der Waals surface area contributed by atoms with Gasteiger partial charge in [-0.05, 0) is 17.8 Å². The van der Waals surface area contributed by atoms with Gasteiger partial charge in [0.2, 0.25) is 0 Å². The smallest absolute Gasteiger partial charge is 0.149 e. The molecule has 2 heteroatoms. The van der Waals surface area contributed by atoms with E-state index in [4.69, 9.17) is 5.73 Å². The van der Waals surface area contributed by atoms with Crippen LogP contribution in [0.5, 0.6) is 0 Å². The number of carbonyl (C=O) groups is 1. The molecule has 0 heterocycles. The molecule has 0 unspecified atom stereocenters. The lowest BCUT2D eigenvalue weighted by atomic mass is 9.85. The minimum Gasteiger partial charge on any atom is -0.321 e. The van der Waals surface area contributed by atoms with E-state index in [9.17, 15) is 4.79 Å². The zero-order chi connectivity index (χ0) is 10.6. The molecular weight excluding hydrogens is 162 g/mol. The van der Waals surface area contributed by atoms with Crippen LogP contribution in [0, 0.1) is 11.3 Å². The van der Waals surface area contributed by atoms with E-state index in [1.807, 2.05) is 13.8 Å². The van der Waals surface area contributed by atoms with E-state index in [0.29, 0.717) is 12.3 Å². The standard InChI is InChI=1S/C11H23NO/c1-8(2)6-10(13)9(12)7-11(3,4)5/h8-9H,6-7,12H2,1-5H3/t9-/m0/s1. The van der Waals surface area contributed by atoms with E-state index in [0.717, 1.165) is 6.42 Å². The van der Waals surface area contributed by atoms with Crippen LogP contribution in [0.2, 0.25) is 0 Å². The van der Waals surface area contributed by atoms with Crippen molar-refractivity contribution < 1.29 is 4.79 Å². The molecule has 2 nitrogen and oxygen atoms in total. The van der Waals surface area contributed by atoms with Crippen LogP contribution in [0.15, 0.2) is 0 Å². The van der Waals surface area contributed by atoms with Crippen LogP contribution in [0.3, 0.4) is 0 Å². The predicted octanol–water partition coefficient (Wildman–Crippen LogP) is 2.37. The van der Waals surface area contributed by atoms with E-state index in [2.05, 4.69) is 20.8 Å². The topological polar surface area (TPSA) is 43.1 Å². The van der Waals surface area contributed by atoms with E-state index < -0.39 is 0 Å². The second-order valence-electron chi connectivity index (χ2n) is 5.44. The van der Waals surface area contributed by atoms with E-state index in [1.165, 1.54) is 0 Å². The molecule has 0 saturated carbocycles. The molecule has 0 aromatic carbocycles. The van der Waals surface area contributed by atoms with Gasteiger partial charge in [0.1, 0.15) is 5.78 Å². The van der Waals surface area contributed by atoms with Crippen molar-refractivity contribution in [2.45, 2.75) is 53.5 Å². The van der Waals surface area contributed by atoms with Gasteiger partial charge in [0.25, 0.3) is 0 Å². The Morgan fingerprint density at radius 2 is 1.77 bits per heavy atom. The van der Waals surface area contributed by atoms with Crippen molar-refractivity contribution >= 4 is 5.78 Å². The number of nitrogens with two attached hydrogens (primary N) is 1. The van der Waals surface area contributed by atoms with Crippen molar-refractivity contribution in [2.75, 3.05) is 0 Å². The lowest BCUT2D eigenvalue weighted by molar-refractivity contribution is -0.121. The molecule has 0 fully saturated rings. The van der Waals surface area contributed by atoms with Crippen molar-refractivity contribution in [1.29, 1.82) is 0 Å². The SMILES string of the molecule is CC(C)CC(=O)[C@@H](N)CC(C)(C)C. The average molecular weight is 185 g/mol. The Bertz CT molecular complexity index is 167. The van der Waals surface area contributed by atoms with Gasteiger partial charge in [-0.15, -0.1) is 0 Å². The summed E-state index contributed by atoms with van der Waals surface area (Å²) in [6.45, 7) is 10.4. The molecule has 0 radical (unpaired) electrons. The molecule has 13 heavy (non-hydrogen) atoms. The first-order chi connectivity index (χ1) is 5.72. The van der Waals surface area contributed by atoms with Gasteiger partial charge in [-0.1, -0.05) is 34.6 Å². The maximum atomic E-state index is 11.5. The number of hydrogen-bond acceptors (Lipinski definition) is 2. The van der Waals surface area contributed by atoms with Gasteiger partial charge in [0.05, 0.1) is 6.04 Å². The van der Waals surface area contributed by atoms with Crippen molar-refractivity contribution in [3.05, 3.63) is 0 Å². The Labute approximate surface area is 81.9 Å². The van der Waals surface area contributed by atoms with Crippen LogP contribution in [0.1, 0.15) is 47.5 Å². The highest BCUT2D eigenvalue weighted by Gasteiger charge is 2.21. The fraction of sp³-hybridized carbons (Fsp3) is 0.909. The summed E-state index contributed by atoms with van der Waals surface area (Å²) in [4.78, 5) is 11.5. The summed E-state index contributed by atoms with van der Waals surface area (Å²) in [6, 6.07) is -0.276. The Kier molecular flexibility index (Phi) is 4.62. The molecule has 0 bridgehead atoms. The summed E-state index contributed by atoms with van der Waals surface area (Å²) in [7, 11) is 0. The first kappa shape index (κ1) is 12.6. The summed E-state index contributed by atoms with van der Waals surface area (Å²) in [5, 5.41) is 0. The molecule has 0 amide bonds. The Balaban J connectivity index is 3.97. The quantitative estimate of drug-likeness (QED) is 0.730. The van der Waals surface area contributed by atoms with Crippen molar-refractivity contribution in [3.63, 3.8) is 0 Å². The third kappa shape index (κ3) is 6.76. The maximum absolute atomic E-state index is 11.5. The molecule has 0 aliphatic heterocycles. The molecule has 0 aliphatic carbocycles. The van der Waals surface area contributed by atoms with Gasteiger partial charge >= 0.3 is 0 Å². The van der Waals surface area contributed by atoms with Crippen molar-refractivity contribution in [2.24, 2.45) is 17.1 Å². The molecule has 78 valence electrons. The first-order valence-electron chi connectivity index (χ1n) is 5.00. The number of Topliss-reactive ketones (excluding diaryl/α,β-unsaturated/α-hetero) is 1. The van der Waals surface area contributed by atoms with Gasteiger partial charge in [-0.2, -0.15) is 0 Å². The molecule has 0 spiro atoms. The van der Waals surface area contributed by atoms with Crippen LogP contribution in [0.25, 0.3) is 0 Å². The predicted molar refractivity (Wildman–Crippen MR) is 56.5 cm³/mol. The van der Waals surface area contributed by atoms with Gasteiger partial charge in [-0.3, -0.25) is 4.79 Å². The summed E-state index contributed by atoms with van der Waals surface area (Å²) in [6.07, 6.45) is 1.38.